The molecule has 0 radical (unpaired) electrons. The van der Waals surface area contributed by atoms with E-state index in [-0.39, 0.29) is 41.1 Å². The second-order valence-electron chi connectivity index (χ2n) is 2.50. The van der Waals surface area contributed by atoms with Crippen LogP contribution in [0.5, 0.6) is 5.75 Å². The van der Waals surface area contributed by atoms with Crippen molar-refractivity contribution in [2.24, 2.45) is 0 Å². The van der Waals surface area contributed by atoms with Gasteiger partial charge in [-0.3, -0.25) is 4.79 Å². The van der Waals surface area contributed by atoms with Gasteiger partial charge in [-0.2, -0.15) is 0 Å². The average Bonchev–Trinajstić information content (AvgIpc) is 2.03. The van der Waals surface area contributed by atoms with Gasteiger partial charge < -0.3 is 5.11 Å². The molecule has 0 bridgehead atoms. The predicted molar refractivity (Wildman–Crippen MR) is 47.8 cm³/mol. The van der Waals surface area contributed by atoms with Gasteiger partial charge in [0.1, 0.15) is 5.75 Å². The van der Waals surface area contributed by atoms with Gasteiger partial charge in [0.05, 0.1) is 0 Å². The second-order valence-corrected chi connectivity index (χ2v) is 2.50. The number of hydrogen-bond donors (Lipinski definition) is 1. The molecule has 0 aliphatic carbocycles. The number of carbonyl (C=O) groups excluding carboxylic acids is 1. The Morgan fingerprint density at radius 2 is 2.00 bits per heavy atom. The normalized spacial score (nSPS) is 9.62. The van der Waals surface area contributed by atoms with E-state index in [0.29, 0.717) is 5.56 Å². The zero-order chi connectivity index (χ0) is 8.97. The third-order valence-corrected chi connectivity index (χ3v) is 1.43. The van der Waals surface area contributed by atoms with E-state index in [1.807, 2.05) is 0 Å². The molecule has 0 aromatic heterocycles. The van der Waals surface area contributed by atoms with Crippen LogP contribution < -0.4 is 29.6 Å². The van der Waals surface area contributed by atoms with Crippen LogP contribution in [0.15, 0.2) is 30.3 Å². The summed E-state index contributed by atoms with van der Waals surface area (Å²) in [5.41, 5.74) is 0.660. The van der Waals surface area contributed by atoms with Gasteiger partial charge in [-0.05, 0) is 25.1 Å². The first-order valence-electron chi connectivity index (χ1n) is 3.67. The number of hydrogen-bond acceptors (Lipinski definition) is 2. The fraction of sp³-hybridized carbons (Fsp3) is 0.100. The van der Waals surface area contributed by atoms with Crippen LogP contribution in [0.3, 0.4) is 0 Å². The third-order valence-electron chi connectivity index (χ3n) is 1.43. The van der Waals surface area contributed by atoms with Crippen molar-refractivity contribution in [3.05, 3.63) is 35.9 Å². The van der Waals surface area contributed by atoms with Crippen LogP contribution in [0, 0.1) is 0 Å². The van der Waals surface area contributed by atoms with Crippen LogP contribution in [0.25, 0.3) is 6.08 Å². The maximum atomic E-state index is 10.6. The minimum absolute atomic E-state index is 0. The summed E-state index contributed by atoms with van der Waals surface area (Å²) in [6.45, 7) is 1.47. The van der Waals surface area contributed by atoms with Crippen LogP contribution in [0.2, 0.25) is 0 Å². The Morgan fingerprint density at radius 1 is 1.38 bits per heavy atom. The van der Waals surface area contributed by atoms with E-state index < -0.39 is 0 Å². The second kappa shape index (κ2) is 5.97. The monoisotopic (exact) mass is 185 g/mol. The van der Waals surface area contributed by atoms with Gasteiger partial charge in [0.15, 0.2) is 5.78 Å². The van der Waals surface area contributed by atoms with Crippen molar-refractivity contribution in [2.75, 3.05) is 0 Å². The molecule has 1 rings (SSSR count). The Hall–Kier alpha value is -0.570. The molecule has 0 aliphatic heterocycles. The van der Waals surface area contributed by atoms with Gasteiger partial charge in [-0.15, -0.1) is 0 Å². The summed E-state index contributed by atoms with van der Waals surface area (Å²) in [6.07, 6.45) is 3.02. The molecular formula is C10H10NaO2+. The number of rotatable bonds is 2. The molecule has 0 spiro atoms. The zero-order valence-corrected chi connectivity index (χ0v) is 9.82. The third kappa shape index (κ3) is 4.27. The molecule has 1 aromatic rings. The van der Waals surface area contributed by atoms with Crippen LogP contribution in [0.1, 0.15) is 12.5 Å². The average molecular weight is 185 g/mol. The Morgan fingerprint density at radius 3 is 2.54 bits per heavy atom. The molecule has 1 aromatic carbocycles. The number of phenols is 1. The number of phenolic OH excluding ortho intramolecular Hbond substituents is 1. The Kier molecular flexibility index (Phi) is 5.71. The van der Waals surface area contributed by atoms with Gasteiger partial charge in [0.25, 0.3) is 0 Å². The SMILES string of the molecule is CC(=O)/C=C/c1ccccc1O.[Na+]. The van der Waals surface area contributed by atoms with E-state index >= 15 is 0 Å². The summed E-state index contributed by atoms with van der Waals surface area (Å²) in [5.74, 6) is 0.160. The Labute approximate surface area is 99.6 Å². The molecular weight excluding hydrogens is 175 g/mol. The van der Waals surface area contributed by atoms with E-state index in [0.717, 1.165) is 0 Å². The van der Waals surface area contributed by atoms with Crippen molar-refractivity contribution in [1.29, 1.82) is 0 Å². The molecule has 0 unspecified atom stereocenters. The summed E-state index contributed by atoms with van der Waals surface area (Å²) in [7, 11) is 0. The van der Waals surface area contributed by atoms with Crippen LogP contribution >= 0.6 is 0 Å². The standard InChI is InChI=1S/C10H10O2.Na/c1-8(11)6-7-9-4-2-3-5-10(9)12;/h2-7,12H,1H3;/q;+1/b7-6+;. The van der Waals surface area contributed by atoms with Gasteiger partial charge >= 0.3 is 29.6 Å². The van der Waals surface area contributed by atoms with E-state index in [1.165, 1.54) is 13.0 Å². The Bertz CT molecular complexity index is 318. The smallest absolute Gasteiger partial charge is 0.507 e. The number of para-hydroxylation sites is 1. The maximum Gasteiger partial charge on any atom is 1.00 e. The fourth-order valence-corrected chi connectivity index (χ4v) is 0.836. The molecule has 0 heterocycles. The van der Waals surface area contributed by atoms with Crippen molar-refractivity contribution in [1.82, 2.24) is 0 Å². The molecule has 0 amide bonds. The molecule has 0 saturated carbocycles. The van der Waals surface area contributed by atoms with Crippen molar-refractivity contribution in [3.8, 4) is 5.75 Å². The van der Waals surface area contributed by atoms with Crippen LogP contribution in [-0.4, -0.2) is 10.9 Å². The molecule has 2 nitrogen and oxygen atoms in total. The molecule has 3 heteroatoms. The minimum Gasteiger partial charge on any atom is -0.507 e. The summed E-state index contributed by atoms with van der Waals surface area (Å²) >= 11 is 0. The fourth-order valence-electron chi connectivity index (χ4n) is 0.836. The van der Waals surface area contributed by atoms with Crippen LogP contribution in [-0.2, 0) is 4.79 Å². The maximum absolute atomic E-state index is 10.6. The number of benzene rings is 1. The largest absolute Gasteiger partial charge is 1.00 e. The molecule has 13 heavy (non-hydrogen) atoms. The van der Waals surface area contributed by atoms with Crippen molar-refractivity contribution in [2.45, 2.75) is 6.92 Å². The van der Waals surface area contributed by atoms with Gasteiger partial charge in [0, 0.05) is 5.56 Å². The predicted octanol–water partition coefficient (Wildman–Crippen LogP) is -1.00. The van der Waals surface area contributed by atoms with Gasteiger partial charge in [-0.1, -0.05) is 18.2 Å². The van der Waals surface area contributed by atoms with Gasteiger partial charge in [0.2, 0.25) is 0 Å². The molecule has 0 atom stereocenters. The topological polar surface area (TPSA) is 37.3 Å². The van der Waals surface area contributed by atoms with Gasteiger partial charge in [-0.25, -0.2) is 0 Å². The first-order valence-corrected chi connectivity index (χ1v) is 3.67. The van der Waals surface area contributed by atoms with Crippen molar-refractivity contribution < 1.29 is 39.5 Å². The first kappa shape index (κ1) is 12.4. The summed E-state index contributed by atoms with van der Waals surface area (Å²) in [4.78, 5) is 10.6. The quantitative estimate of drug-likeness (QED) is 0.474. The van der Waals surface area contributed by atoms with E-state index in [2.05, 4.69) is 0 Å². The van der Waals surface area contributed by atoms with E-state index in [4.69, 9.17) is 0 Å². The van der Waals surface area contributed by atoms with Crippen LogP contribution in [0.4, 0.5) is 0 Å². The summed E-state index contributed by atoms with van der Waals surface area (Å²) in [6, 6.07) is 6.87. The number of ketones is 1. The van der Waals surface area contributed by atoms with Crippen molar-refractivity contribution >= 4 is 11.9 Å². The molecule has 1 N–H and O–H groups in total. The number of allylic oxidation sites excluding steroid dienone is 1. The van der Waals surface area contributed by atoms with Crippen molar-refractivity contribution in [3.63, 3.8) is 0 Å². The zero-order valence-electron chi connectivity index (χ0n) is 7.82. The minimum atomic E-state index is -0.0294. The molecule has 0 fully saturated rings. The Balaban J connectivity index is 0.00000144. The number of carbonyl (C=O) groups is 1. The first-order chi connectivity index (χ1) is 5.70. The van der Waals surface area contributed by atoms with E-state index in [1.54, 1.807) is 30.3 Å². The molecule has 0 saturated heterocycles. The molecule has 62 valence electrons. The molecule has 0 aliphatic rings. The van der Waals surface area contributed by atoms with E-state index in [9.17, 15) is 9.90 Å². The number of aromatic hydroxyl groups is 1. The summed E-state index contributed by atoms with van der Waals surface area (Å²) < 4.78 is 0. The summed E-state index contributed by atoms with van der Waals surface area (Å²) in [5, 5.41) is 9.26.